The molecule has 0 aliphatic rings. The Labute approximate surface area is 93.2 Å². The van der Waals surface area contributed by atoms with Crippen molar-refractivity contribution < 1.29 is 4.79 Å². The molecular weight excluding hydrogens is 210 g/mol. The summed E-state index contributed by atoms with van der Waals surface area (Å²) < 4.78 is 0. The van der Waals surface area contributed by atoms with Crippen molar-refractivity contribution in [1.29, 1.82) is 0 Å². The fourth-order valence-electron chi connectivity index (χ4n) is 1.77. The number of nitrogens with one attached hydrogen (secondary N) is 1. The van der Waals surface area contributed by atoms with Crippen LogP contribution in [0.25, 0.3) is 10.9 Å². The number of H-pyrrole nitrogens is 1. The summed E-state index contributed by atoms with van der Waals surface area (Å²) in [5.74, 6) is 0. The Balaban J connectivity index is 2.74. The minimum absolute atomic E-state index is 0.763. The second-order valence-corrected chi connectivity index (χ2v) is 4.68. The van der Waals surface area contributed by atoms with Gasteiger partial charge in [0.15, 0.2) is 0 Å². The zero-order valence-electron chi connectivity index (χ0n) is 8.67. The highest BCUT2D eigenvalue weighted by Crippen LogP contribution is 2.33. The van der Waals surface area contributed by atoms with E-state index in [1.54, 1.807) is 13.1 Å². The van der Waals surface area contributed by atoms with Crippen LogP contribution >= 0.6 is 11.6 Å². The van der Waals surface area contributed by atoms with Gasteiger partial charge in [-0.15, -0.1) is 11.6 Å². The van der Waals surface area contributed by atoms with Crippen LogP contribution in [0.3, 0.4) is 0 Å². The number of hydrogen-bond donors (Lipinski definition) is 1. The van der Waals surface area contributed by atoms with E-state index in [1.807, 2.05) is 25.1 Å². The van der Waals surface area contributed by atoms with E-state index in [0.29, 0.717) is 0 Å². The first-order valence-electron chi connectivity index (χ1n) is 4.78. The molecule has 0 amide bonds. The Bertz CT molecular complexity index is 513. The summed E-state index contributed by atoms with van der Waals surface area (Å²) >= 11 is 6.13. The largest absolute Gasteiger partial charge is 0.361 e. The molecule has 78 valence electrons. The molecule has 1 unspecified atom stereocenters. The van der Waals surface area contributed by atoms with Crippen LogP contribution in [0.15, 0.2) is 24.4 Å². The first-order valence-corrected chi connectivity index (χ1v) is 5.16. The quantitative estimate of drug-likeness (QED) is 0.614. The van der Waals surface area contributed by atoms with Crippen LogP contribution in [-0.4, -0.2) is 11.3 Å². The van der Waals surface area contributed by atoms with Crippen molar-refractivity contribution in [3.8, 4) is 0 Å². The van der Waals surface area contributed by atoms with E-state index in [-0.39, 0.29) is 0 Å². The normalized spacial score (nSPS) is 15.1. The van der Waals surface area contributed by atoms with Gasteiger partial charge in [-0.25, -0.2) is 0 Å². The maximum atomic E-state index is 10.9. The van der Waals surface area contributed by atoms with Crippen molar-refractivity contribution in [1.82, 2.24) is 4.98 Å². The molecule has 0 bridgehead atoms. The van der Waals surface area contributed by atoms with Crippen LogP contribution in [-0.2, 0) is 9.67 Å². The molecule has 0 saturated carbocycles. The van der Waals surface area contributed by atoms with Gasteiger partial charge in [0.25, 0.3) is 0 Å². The predicted molar refractivity (Wildman–Crippen MR) is 62.3 cm³/mol. The van der Waals surface area contributed by atoms with E-state index in [9.17, 15) is 4.79 Å². The standard InChI is InChI=1S/C12H12ClNO/c1-8-4-3-5-9-10(6-14-11(8)9)12(2,13)7-15/h3-7,14H,1-2H3. The molecule has 0 aliphatic heterocycles. The lowest BCUT2D eigenvalue weighted by atomic mass is 10.00. The molecule has 1 N–H and O–H groups in total. The van der Waals surface area contributed by atoms with E-state index in [2.05, 4.69) is 4.98 Å². The van der Waals surface area contributed by atoms with Gasteiger partial charge in [0.05, 0.1) is 0 Å². The third-order valence-corrected chi connectivity index (χ3v) is 2.96. The maximum Gasteiger partial charge on any atom is 0.145 e. The smallest absolute Gasteiger partial charge is 0.145 e. The lowest BCUT2D eigenvalue weighted by molar-refractivity contribution is -0.109. The van der Waals surface area contributed by atoms with Crippen molar-refractivity contribution in [3.63, 3.8) is 0 Å². The summed E-state index contributed by atoms with van der Waals surface area (Å²) in [5, 5.41) is 1.01. The zero-order chi connectivity index (χ0) is 11.1. The van der Waals surface area contributed by atoms with E-state index in [0.717, 1.165) is 28.3 Å². The van der Waals surface area contributed by atoms with Crippen LogP contribution in [0.5, 0.6) is 0 Å². The van der Waals surface area contributed by atoms with Crippen LogP contribution in [0, 0.1) is 6.92 Å². The maximum absolute atomic E-state index is 10.9. The molecule has 1 heterocycles. The van der Waals surface area contributed by atoms with Gasteiger partial charge < -0.3 is 9.78 Å². The number of aromatic amines is 1. The van der Waals surface area contributed by atoms with Crippen LogP contribution in [0.2, 0.25) is 0 Å². The monoisotopic (exact) mass is 221 g/mol. The second kappa shape index (κ2) is 3.38. The molecule has 0 fully saturated rings. The molecule has 2 rings (SSSR count). The first-order chi connectivity index (χ1) is 7.06. The number of aldehydes is 1. The lowest BCUT2D eigenvalue weighted by Crippen LogP contribution is -2.14. The number of carbonyl (C=O) groups excluding carboxylic acids is 1. The Morgan fingerprint density at radius 3 is 2.87 bits per heavy atom. The Morgan fingerprint density at radius 2 is 2.20 bits per heavy atom. The number of fused-ring (bicyclic) bond motifs is 1. The summed E-state index contributed by atoms with van der Waals surface area (Å²) in [4.78, 5) is 13.1. The van der Waals surface area contributed by atoms with Gasteiger partial charge in [-0.3, -0.25) is 0 Å². The summed E-state index contributed by atoms with van der Waals surface area (Å²) in [6.45, 7) is 3.72. The number of alkyl halides is 1. The molecule has 2 nitrogen and oxygen atoms in total. The van der Waals surface area contributed by atoms with Crippen molar-refractivity contribution in [2.45, 2.75) is 18.7 Å². The average molecular weight is 222 g/mol. The van der Waals surface area contributed by atoms with Crippen molar-refractivity contribution in [3.05, 3.63) is 35.5 Å². The van der Waals surface area contributed by atoms with Gasteiger partial charge in [-0.2, -0.15) is 0 Å². The van der Waals surface area contributed by atoms with Gasteiger partial charge >= 0.3 is 0 Å². The minimum Gasteiger partial charge on any atom is -0.361 e. The molecule has 15 heavy (non-hydrogen) atoms. The molecule has 0 spiro atoms. The summed E-state index contributed by atoms with van der Waals surface area (Å²) in [6, 6.07) is 5.96. The number of benzene rings is 1. The Kier molecular flexibility index (Phi) is 2.31. The molecule has 0 saturated heterocycles. The van der Waals surface area contributed by atoms with Gasteiger partial charge in [-0.05, 0) is 19.4 Å². The number of hydrogen-bond acceptors (Lipinski definition) is 1. The number of carbonyl (C=O) groups is 1. The van der Waals surface area contributed by atoms with Crippen LogP contribution < -0.4 is 0 Å². The molecule has 1 aromatic carbocycles. The molecule has 0 aliphatic carbocycles. The fraction of sp³-hybridized carbons (Fsp3) is 0.250. The molecule has 2 aromatic rings. The van der Waals surface area contributed by atoms with Crippen molar-refractivity contribution >= 4 is 28.8 Å². The SMILES string of the molecule is Cc1cccc2c(C(C)(Cl)C=O)c[nH]c12. The van der Waals surface area contributed by atoms with E-state index >= 15 is 0 Å². The Hall–Kier alpha value is -1.28. The van der Waals surface area contributed by atoms with E-state index < -0.39 is 4.87 Å². The summed E-state index contributed by atoms with van der Waals surface area (Å²) in [6.07, 6.45) is 2.57. The third kappa shape index (κ3) is 1.55. The number of rotatable bonds is 2. The first kappa shape index (κ1) is 10.2. The highest BCUT2D eigenvalue weighted by atomic mass is 35.5. The van der Waals surface area contributed by atoms with Crippen molar-refractivity contribution in [2.75, 3.05) is 0 Å². The third-order valence-electron chi connectivity index (χ3n) is 2.67. The predicted octanol–water partition coefficient (Wildman–Crippen LogP) is 3.13. The fourth-order valence-corrected chi connectivity index (χ4v) is 1.93. The molecular formula is C12H12ClNO. The summed E-state index contributed by atoms with van der Waals surface area (Å²) in [7, 11) is 0. The van der Waals surface area contributed by atoms with Gasteiger partial charge in [0.1, 0.15) is 11.2 Å². The Morgan fingerprint density at radius 1 is 1.47 bits per heavy atom. The lowest BCUT2D eigenvalue weighted by Gasteiger charge is -2.12. The molecule has 1 atom stereocenters. The van der Waals surface area contributed by atoms with Gasteiger partial charge in [0, 0.05) is 22.7 Å². The van der Waals surface area contributed by atoms with E-state index in [1.165, 1.54) is 0 Å². The average Bonchev–Trinajstić information content (AvgIpc) is 2.63. The number of halogens is 1. The summed E-state index contributed by atoms with van der Waals surface area (Å²) in [5.41, 5.74) is 3.02. The number of aromatic nitrogens is 1. The molecule has 3 heteroatoms. The number of aryl methyl sites for hydroxylation is 1. The highest BCUT2D eigenvalue weighted by Gasteiger charge is 2.25. The number of para-hydroxylation sites is 1. The van der Waals surface area contributed by atoms with E-state index in [4.69, 9.17) is 11.6 Å². The zero-order valence-corrected chi connectivity index (χ0v) is 9.43. The molecule has 0 radical (unpaired) electrons. The topological polar surface area (TPSA) is 32.9 Å². The highest BCUT2D eigenvalue weighted by molar-refractivity contribution is 6.32. The van der Waals surface area contributed by atoms with Crippen LogP contribution in [0.4, 0.5) is 0 Å². The van der Waals surface area contributed by atoms with Crippen molar-refractivity contribution in [2.24, 2.45) is 0 Å². The van der Waals surface area contributed by atoms with Gasteiger partial charge in [-0.1, -0.05) is 18.2 Å². The van der Waals surface area contributed by atoms with Crippen LogP contribution in [0.1, 0.15) is 18.1 Å². The molecule has 1 aromatic heterocycles. The minimum atomic E-state index is -0.952. The second-order valence-electron chi connectivity index (χ2n) is 3.89. The van der Waals surface area contributed by atoms with Gasteiger partial charge in [0.2, 0.25) is 0 Å².